The van der Waals surface area contributed by atoms with Crippen LogP contribution in [0.25, 0.3) is 22.0 Å². The first-order chi connectivity index (χ1) is 14.0. The molecule has 1 aliphatic heterocycles. The van der Waals surface area contributed by atoms with E-state index in [1.807, 2.05) is 0 Å². The van der Waals surface area contributed by atoms with Gasteiger partial charge in [-0.2, -0.15) is 0 Å². The van der Waals surface area contributed by atoms with Crippen molar-refractivity contribution in [2.24, 2.45) is 0 Å². The van der Waals surface area contributed by atoms with Crippen LogP contribution in [-0.4, -0.2) is 67.6 Å². The van der Waals surface area contributed by atoms with Gasteiger partial charge in [0.25, 0.3) is 5.56 Å². The molecule has 0 radical (unpaired) electrons. The lowest BCUT2D eigenvalue weighted by Crippen LogP contribution is -2.61. The molecule has 0 saturated carbocycles. The van der Waals surface area contributed by atoms with Crippen molar-refractivity contribution in [1.29, 1.82) is 0 Å². The molecule has 6 N–H and O–H groups in total. The molecule has 1 saturated heterocycles. The highest BCUT2D eigenvalue weighted by molar-refractivity contribution is 5.86. The van der Waals surface area contributed by atoms with Crippen molar-refractivity contribution in [1.82, 2.24) is 9.97 Å². The quantitative estimate of drug-likeness (QED) is 0.353. The molecular formula is C20H21N3O6. The summed E-state index contributed by atoms with van der Waals surface area (Å²) in [5.74, 6) is 0. The number of hydrogen-bond donors (Lipinski definition) is 6. The summed E-state index contributed by atoms with van der Waals surface area (Å²) in [4.78, 5) is 19.3. The van der Waals surface area contributed by atoms with E-state index in [4.69, 9.17) is 9.84 Å². The first-order valence-corrected chi connectivity index (χ1v) is 9.12. The average Bonchev–Trinajstić information content (AvgIpc) is 2.73. The van der Waals surface area contributed by atoms with Gasteiger partial charge >= 0.3 is 0 Å². The third-order valence-corrected chi connectivity index (χ3v) is 5.07. The molecule has 3 heterocycles. The van der Waals surface area contributed by atoms with E-state index in [-0.39, 0.29) is 5.56 Å². The minimum Gasteiger partial charge on any atom is -0.394 e. The number of fused-ring (bicyclic) bond motifs is 1. The van der Waals surface area contributed by atoms with E-state index in [9.17, 15) is 20.1 Å². The van der Waals surface area contributed by atoms with E-state index in [0.29, 0.717) is 16.8 Å². The number of nitrogens with one attached hydrogen (secondary N) is 2. The van der Waals surface area contributed by atoms with E-state index in [2.05, 4.69) is 15.3 Å². The minimum atomic E-state index is -1.44. The Balaban J connectivity index is 1.62. The van der Waals surface area contributed by atoms with Gasteiger partial charge in [0.15, 0.2) is 6.29 Å². The fourth-order valence-corrected chi connectivity index (χ4v) is 3.48. The number of hydrogen-bond acceptors (Lipinski definition) is 8. The molecule has 1 aromatic carbocycles. The van der Waals surface area contributed by atoms with Crippen molar-refractivity contribution in [3.63, 3.8) is 0 Å². The van der Waals surface area contributed by atoms with Crippen LogP contribution >= 0.6 is 0 Å². The molecular weight excluding hydrogens is 378 g/mol. The maximum atomic E-state index is 12.5. The van der Waals surface area contributed by atoms with Gasteiger partial charge in [0.05, 0.1) is 12.1 Å². The first kappa shape index (κ1) is 19.5. The molecule has 152 valence electrons. The summed E-state index contributed by atoms with van der Waals surface area (Å²) in [7, 11) is 0. The molecule has 3 unspecified atom stereocenters. The number of ether oxygens (including phenoxy) is 1. The number of nitrogens with zero attached hydrogens (tertiary/aromatic N) is 1. The number of aliphatic hydroxyl groups excluding tert-OH is 4. The maximum Gasteiger partial charge on any atom is 0.256 e. The Bertz CT molecular complexity index is 1060. The van der Waals surface area contributed by atoms with Gasteiger partial charge in [0.2, 0.25) is 0 Å². The largest absolute Gasteiger partial charge is 0.394 e. The smallest absolute Gasteiger partial charge is 0.256 e. The van der Waals surface area contributed by atoms with Crippen molar-refractivity contribution in [3.05, 3.63) is 59.1 Å². The van der Waals surface area contributed by atoms with Gasteiger partial charge < -0.3 is 35.5 Å². The van der Waals surface area contributed by atoms with E-state index in [0.717, 1.165) is 10.9 Å². The Kier molecular flexibility index (Phi) is 5.31. The van der Waals surface area contributed by atoms with Crippen molar-refractivity contribution < 1.29 is 25.2 Å². The molecule has 3 aromatic rings. The van der Waals surface area contributed by atoms with Crippen LogP contribution in [0.4, 0.5) is 5.69 Å². The molecule has 0 amide bonds. The van der Waals surface area contributed by atoms with E-state index in [1.54, 1.807) is 48.8 Å². The molecule has 0 aliphatic carbocycles. The summed E-state index contributed by atoms with van der Waals surface area (Å²) in [5, 5.41) is 43.3. The number of aliphatic hydroxyl groups is 4. The molecule has 9 heteroatoms. The third kappa shape index (κ3) is 3.74. The van der Waals surface area contributed by atoms with Gasteiger partial charge in [0, 0.05) is 23.6 Å². The second-order valence-electron chi connectivity index (χ2n) is 6.95. The zero-order valence-electron chi connectivity index (χ0n) is 15.3. The Morgan fingerprint density at radius 3 is 2.55 bits per heavy atom. The number of pyridine rings is 2. The fourth-order valence-electron chi connectivity index (χ4n) is 3.48. The molecule has 1 aliphatic rings. The summed E-state index contributed by atoms with van der Waals surface area (Å²) in [6.07, 6.45) is -1.99. The number of aromatic nitrogens is 2. The molecule has 4 rings (SSSR count). The van der Waals surface area contributed by atoms with E-state index < -0.39 is 37.3 Å². The Morgan fingerprint density at radius 1 is 1.07 bits per heavy atom. The highest BCUT2D eigenvalue weighted by atomic mass is 16.6. The van der Waals surface area contributed by atoms with Gasteiger partial charge in [-0.1, -0.05) is 6.07 Å². The Hall–Kier alpha value is -2.82. The predicted octanol–water partition coefficient (Wildman–Crippen LogP) is -0.198. The number of rotatable bonds is 4. The summed E-state index contributed by atoms with van der Waals surface area (Å²) in [6, 6.07) is 9.43. The third-order valence-electron chi connectivity index (χ3n) is 5.07. The lowest BCUT2D eigenvalue weighted by molar-refractivity contribution is -0.245. The zero-order chi connectivity index (χ0) is 20.5. The second kappa shape index (κ2) is 7.90. The number of aromatic amines is 1. The number of benzene rings is 1. The van der Waals surface area contributed by atoms with Crippen LogP contribution in [0.1, 0.15) is 0 Å². The van der Waals surface area contributed by atoms with E-state index in [1.165, 1.54) is 0 Å². The molecule has 9 nitrogen and oxygen atoms in total. The molecule has 1 fully saturated rings. The summed E-state index contributed by atoms with van der Waals surface area (Å²) < 4.78 is 5.14. The second-order valence-corrected chi connectivity index (χ2v) is 6.95. The summed E-state index contributed by atoms with van der Waals surface area (Å²) in [6.45, 7) is -0.529. The zero-order valence-corrected chi connectivity index (χ0v) is 15.3. The van der Waals surface area contributed by atoms with Crippen LogP contribution in [-0.2, 0) is 4.74 Å². The van der Waals surface area contributed by atoms with Crippen LogP contribution in [0, 0.1) is 0 Å². The van der Waals surface area contributed by atoms with Crippen LogP contribution in [0.5, 0.6) is 0 Å². The lowest BCUT2D eigenvalue weighted by atomic mass is 9.96. The highest BCUT2D eigenvalue weighted by Crippen LogP contribution is 2.26. The van der Waals surface area contributed by atoms with Crippen LogP contribution in [0.3, 0.4) is 0 Å². The van der Waals surface area contributed by atoms with Crippen molar-refractivity contribution in [2.45, 2.75) is 30.6 Å². The topological polar surface area (TPSA) is 148 Å². The van der Waals surface area contributed by atoms with Crippen LogP contribution in [0.2, 0.25) is 0 Å². The standard InChI is InChI=1S/C20H21N3O6/c24-9-15-17(25)18(26)16(20(28)29-15)22-12-2-1-11-7-13(10-3-5-21-6-4-10)19(27)23-14(11)8-12/h1-8,15-18,20,22,24-26,28H,9H2,(H,23,27)/t15?,16-,17+,18?,20?/m0/s1. The molecule has 0 spiro atoms. The Labute approximate surface area is 165 Å². The number of anilines is 1. The lowest BCUT2D eigenvalue weighted by Gasteiger charge is -2.40. The fraction of sp³-hybridized carbons (Fsp3) is 0.300. The molecule has 0 bridgehead atoms. The molecule has 29 heavy (non-hydrogen) atoms. The highest BCUT2D eigenvalue weighted by Gasteiger charge is 2.43. The van der Waals surface area contributed by atoms with Crippen molar-refractivity contribution in [3.8, 4) is 11.1 Å². The molecule has 5 atom stereocenters. The normalized spacial score (nSPS) is 27.1. The van der Waals surface area contributed by atoms with Gasteiger partial charge in [-0.25, -0.2) is 0 Å². The number of H-pyrrole nitrogens is 1. The minimum absolute atomic E-state index is 0.261. The molecule has 2 aromatic heterocycles. The maximum absolute atomic E-state index is 12.5. The van der Waals surface area contributed by atoms with Gasteiger partial charge in [-0.15, -0.1) is 0 Å². The van der Waals surface area contributed by atoms with Crippen LogP contribution < -0.4 is 10.9 Å². The summed E-state index contributed by atoms with van der Waals surface area (Å²) >= 11 is 0. The first-order valence-electron chi connectivity index (χ1n) is 9.12. The van der Waals surface area contributed by atoms with Crippen LogP contribution in [0.15, 0.2) is 53.6 Å². The summed E-state index contributed by atoms with van der Waals surface area (Å²) in [5.41, 5.74) is 2.08. The SMILES string of the molecule is O=c1[nH]c2cc(N[C@@H]3C(O)OC(CO)[C@@H](O)C3O)ccc2cc1-c1ccncc1. The van der Waals surface area contributed by atoms with Gasteiger partial charge in [0.1, 0.15) is 24.4 Å². The average molecular weight is 399 g/mol. The van der Waals surface area contributed by atoms with Gasteiger partial charge in [-0.3, -0.25) is 9.78 Å². The van der Waals surface area contributed by atoms with Crippen molar-refractivity contribution >= 4 is 16.6 Å². The van der Waals surface area contributed by atoms with E-state index >= 15 is 0 Å². The monoisotopic (exact) mass is 399 g/mol. The Morgan fingerprint density at radius 2 is 1.83 bits per heavy atom. The predicted molar refractivity (Wildman–Crippen MR) is 105 cm³/mol. The van der Waals surface area contributed by atoms with Crippen molar-refractivity contribution in [2.75, 3.05) is 11.9 Å². The van der Waals surface area contributed by atoms with Gasteiger partial charge in [-0.05, 0) is 41.3 Å².